The summed E-state index contributed by atoms with van der Waals surface area (Å²) < 4.78 is 0. The van der Waals surface area contributed by atoms with Crippen molar-refractivity contribution in [2.24, 2.45) is 0 Å². The topological polar surface area (TPSA) is 0 Å². The average Bonchev–Trinajstić information content (AvgIpc) is 1.00. The fourth-order valence-corrected chi connectivity index (χ4v) is 0. The second-order valence-electron chi connectivity index (χ2n) is 0. The molecule has 0 aromatic heterocycles. The van der Waals surface area contributed by atoms with E-state index in [-0.39, 0.29) is 37.1 Å². The first-order valence-electron chi connectivity index (χ1n) is 0.183. The summed E-state index contributed by atoms with van der Waals surface area (Å²) in [6.45, 7) is 0. The maximum atomic E-state index is 4.02. The van der Waals surface area contributed by atoms with Crippen molar-refractivity contribution in [3.63, 3.8) is 0 Å². The smallest absolute Gasteiger partial charge is 0 e. The summed E-state index contributed by atoms with van der Waals surface area (Å²) in [6.07, 6.45) is 0. The fourth-order valence-electron chi connectivity index (χ4n) is 0. The maximum Gasteiger partial charge on any atom is 0 e. The minimum atomic E-state index is 0. The summed E-state index contributed by atoms with van der Waals surface area (Å²) in [5, 5.41) is 0. The predicted octanol–water partition coefficient (Wildman–Crippen LogP) is 0.641. The van der Waals surface area contributed by atoms with Crippen LogP contribution in [0.1, 0.15) is 0 Å². The van der Waals surface area contributed by atoms with Crippen LogP contribution in [0.5, 0.6) is 0 Å². The molecule has 0 unspecified atom stereocenters. The summed E-state index contributed by atoms with van der Waals surface area (Å²) in [5.41, 5.74) is 0. The molecular weight excluding hydrogens is 185 g/mol. The van der Waals surface area contributed by atoms with Gasteiger partial charge in [-0.3, -0.25) is 0 Å². The standard InChI is InChI=1S/S.3V. The minimum Gasteiger partial charge on any atom is 0 e. The molecule has 0 N–H and O–H groups in total. The van der Waals surface area contributed by atoms with Crippen LogP contribution in [-0.4, -0.2) is 0 Å². The Morgan fingerprint density at radius 1 is 1.00 bits per heavy atom. The number of hydrogen-bond acceptors (Lipinski definition) is 1. The van der Waals surface area contributed by atoms with E-state index in [4.69, 9.17) is 0 Å². The molecule has 0 amide bonds. The Morgan fingerprint density at radius 2 is 1.00 bits per heavy atom. The molecule has 2 radical (unpaired) electrons. The molecule has 0 saturated carbocycles. The van der Waals surface area contributed by atoms with Crippen molar-refractivity contribution in [2.75, 3.05) is 0 Å². The Balaban J connectivity index is -0.00000000500. The molecule has 0 fully saturated rings. The van der Waals surface area contributed by atoms with Crippen molar-refractivity contribution < 1.29 is 52.8 Å². The van der Waals surface area contributed by atoms with E-state index in [1.807, 2.05) is 15.7 Å². The summed E-state index contributed by atoms with van der Waals surface area (Å²) in [6, 6.07) is 0. The van der Waals surface area contributed by atoms with Crippen molar-refractivity contribution in [1.82, 2.24) is 0 Å². The van der Waals surface area contributed by atoms with Crippen LogP contribution >= 0.6 is 10.3 Å². The Kier molecular flexibility index (Phi) is 84.2. The van der Waals surface area contributed by atoms with Crippen LogP contribution in [0.25, 0.3) is 0 Å². The Morgan fingerprint density at radius 3 is 1.00 bits per heavy atom. The van der Waals surface area contributed by atoms with Crippen molar-refractivity contribution in [1.29, 1.82) is 0 Å². The van der Waals surface area contributed by atoms with E-state index in [2.05, 4.69) is 10.3 Å². The van der Waals surface area contributed by atoms with Crippen molar-refractivity contribution in [2.45, 2.75) is 0 Å². The molecule has 0 heterocycles. The van der Waals surface area contributed by atoms with Gasteiger partial charge in [0.15, 0.2) is 0 Å². The zero-order chi connectivity index (χ0) is 2.00. The summed E-state index contributed by atoms with van der Waals surface area (Å²) >= 11 is 1.90. The zero-order valence-corrected chi connectivity index (χ0v) is 6.76. The molecule has 0 atom stereocenters. The largest absolute Gasteiger partial charge is 0 e. The number of rotatable bonds is 0. The van der Waals surface area contributed by atoms with Crippen LogP contribution < -0.4 is 0 Å². The SMILES string of the molecule is [S]=[V].[V].[V]. The molecule has 0 rings (SSSR count). The van der Waals surface area contributed by atoms with Gasteiger partial charge in [-0.2, -0.15) is 0 Å². The Labute approximate surface area is 62.5 Å². The van der Waals surface area contributed by atoms with Crippen LogP contribution in [0.2, 0.25) is 0 Å². The van der Waals surface area contributed by atoms with E-state index in [9.17, 15) is 0 Å². The maximum absolute atomic E-state index is 4.02. The van der Waals surface area contributed by atoms with Gasteiger partial charge < -0.3 is 0 Å². The zero-order valence-electron chi connectivity index (χ0n) is 1.75. The van der Waals surface area contributed by atoms with Gasteiger partial charge in [-0.15, -0.1) is 0 Å². The fraction of sp³-hybridized carbons (Fsp3) is 0. The third-order valence-electron chi connectivity index (χ3n) is 0. The van der Waals surface area contributed by atoms with Gasteiger partial charge in [0.2, 0.25) is 0 Å². The van der Waals surface area contributed by atoms with Crippen molar-refractivity contribution in [3.8, 4) is 0 Å². The normalized spacial score (nSPS) is 0.750. The van der Waals surface area contributed by atoms with Gasteiger partial charge in [0, 0.05) is 37.1 Å². The van der Waals surface area contributed by atoms with Crippen LogP contribution in [0.3, 0.4) is 0 Å². The molecule has 0 bridgehead atoms. The van der Waals surface area contributed by atoms with E-state index >= 15 is 0 Å². The summed E-state index contributed by atoms with van der Waals surface area (Å²) in [4.78, 5) is 0. The monoisotopic (exact) mass is 185 g/mol. The third-order valence-corrected chi connectivity index (χ3v) is 0. The van der Waals surface area contributed by atoms with Gasteiger partial charge in [0.25, 0.3) is 0 Å². The first kappa shape index (κ1) is 16.7. The van der Waals surface area contributed by atoms with Crippen LogP contribution in [0.15, 0.2) is 0 Å². The summed E-state index contributed by atoms with van der Waals surface area (Å²) in [7, 11) is 4.02. The molecule has 0 spiro atoms. The molecule has 0 aliphatic heterocycles. The number of hydrogen-bond donors (Lipinski definition) is 0. The van der Waals surface area contributed by atoms with E-state index < -0.39 is 0 Å². The van der Waals surface area contributed by atoms with Crippen LogP contribution in [0, 0.1) is 0 Å². The first-order valence-corrected chi connectivity index (χ1v) is 2.26. The molecule has 21 valence electrons. The van der Waals surface area contributed by atoms with Gasteiger partial charge in [-0.1, -0.05) is 0 Å². The van der Waals surface area contributed by atoms with Gasteiger partial charge in [-0.25, -0.2) is 0 Å². The van der Waals surface area contributed by atoms with Gasteiger partial charge in [0.05, 0.1) is 0 Å². The van der Waals surface area contributed by atoms with Gasteiger partial charge in [0.1, 0.15) is 0 Å². The third kappa shape index (κ3) is 9.02. The van der Waals surface area contributed by atoms with E-state index in [0.717, 1.165) is 0 Å². The Bertz CT molecular complexity index is 3.25. The quantitative estimate of drug-likeness (QED) is 0.533. The second-order valence-corrected chi connectivity index (χ2v) is 0. The van der Waals surface area contributed by atoms with E-state index in [0.29, 0.717) is 0 Å². The van der Waals surface area contributed by atoms with Crippen molar-refractivity contribution in [3.05, 3.63) is 0 Å². The van der Waals surface area contributed by atoms with E-state index in [1.54, 1.807) is 0 Å². The van der Waals surface area contributed by atoms with Gasteiger partial charge in [-0.05, 0) is 0 Å². The second kappa shape index (κ2) is 20.2. The molecular formula is SV3. The molecule has 4 heavy (non-hydrogen) atoms. The van der Waals surface area contributed by atoms with Crippen LogP contribution in [-0.2, 0) is 52.8 Å². The average molecular weight is 185 g/mol. The molecule has 0 aliphatic rings. The van der Waals surface area contributed by atoms with Crippen molar-refractivity contribution >= 4 is 10.3 Å². The van der Waals surface area contributed by atoms with Crippen LogP contribution in [0.4, 0.5) is 0 Å². The first-order chi connectivity index (χ1) is 1.00. The molecule has 0 aliphatic carbocycles. The molecule has 0 aromatic carbocycles. The summed E-state index contributed by atoms with van der Waals surface area (Å²) in [5.74, 6) is 0. The minimum absolute atomic E-state index is 0. The predicted molar refractivity (Wildman–Crippen MR) is 7.59 cm³/mol. The molecule has 0 saturated heterocycles. The Hall–Kier alpha value is 1.97. The van der Waals surface area contributed by atoms with E-state index in [1.165, 1.54) is 0 Å². The van der Waals surface area contributed by atoms with Gasteiger partial charge >= 0.3 is 26.0 Å². The molecule has 0 aromatic rings. The molecule has 0 nitrogen and oxygen atoms in total. The molecule has 4 heteroatoms.